The van der Waals surface area contributed by atoms with Gasteiger partial charge in [0.2, 0.25) is 0 Å². The van der Waals surface area contributed by atoms with Crippen LogP contribution >= 0.6 is 0 Å². The molecule has 1 aromatic rings. The van der Waals surface area contributed by atoms with Gasteiger partial charge in [0.05, 0.1) is 10.5 Å². The predicted molar refractivity (Wildman–Crippen MR) is 73.2 cm³/mol. The van der Waals surface area contributed by atoms with Crippen LogP contribution in [0.3, 0.4) is 0 Å². The lowest BCUT2D eigenvalue weighted by Crippen LogP contribution is -2.45. The molecule has 0 aromatic heterocycles. The van der Waals surface area contributed by atoms with Crippen LogP contribution in [0.1, 0.15) is 26.3 Å². The summed E-state index contributed by atoms with van der Waals surface area (Å²) in [5.74, 6) is -0.517. The number of aliphatic hydroxyl groups is 1. The summed E-state index contributed by atoms with van der Waals surface area (Å²) in [6, 6.07) is 3.40. The van der Waals surface area contributed by atoms with Gasteiger partial charge in [0, 0.05) is 6.04 Å². The Bertz CT molecular complexity index is 526. The number of nitrogens with one attached hydrogen (secondary N) is 1. The number of rotatable bonds is 5. The van der Waals surface area contributed by atoms with E-state index in [1.165, 1.54) is 26.0 Å². The average Bonchev–Trinajstić information content (AvgIpc) is 2.24. The SMILES string of the molecule is Cc1ccc(S(=O)NC(C)C(C)(C)O)c(OC(F)(F)F)c1. The van der Waals surface area contributed by atoms with Gasteiger partial charge in [0.1, 0.15) is 16.7 Å². The highest BCUT2D eigenvalue weighted by Gasteiger charge is 2.33. The van der Waals surface area contributed by atoms with Gasteiger partial charge in [-0.3, -0.25) is 0 Å². The van der Waals surface area contributed by atoms with Crippen LogP contribution in [0.4, 0.5) is 13.2 Å². The third-order valence-electron chi connectivity index (χ3n) is 2.87. The molecule has 2 unspecified atom stereocenters. The number of hydrogen-bond donors (Lipinski definition) is 2. The van der Waals surface area contributed by atoms with E-state index < -0.39 is 34.7 Å². The average molecular weight is 325 g/mol. The zero-order valence-corrected chi connectivity index (χ0v) is 12.9. The first kappa shape index (κ1) is 17.9. The molecule has 1 rings (SSSR count). The zero-order chi connectivity index (χ0) is 16.4. The minimum atomic E-state index is -4.87. The summed E-state index contributed by atoms with van der Waals surface area (Å²) in [5, 5.41) is 9.77. The van der Waals surface area contributed by atoms with E-state index in [-0.39, 0.29) is 4.90 Å². The molecule has 0 radical (unpaired) electrons. The molecule has 4 nitrogen and oxygen atoms in total. The lowest BCUT2D eigenvalue weighted by molar-refractivity contribution is -0.275. The van der Waals surface area contributed by atoms with E-state index in [4.69, 9.17) is 0 Å². The molecule has 120 valence electrons. The number of alkyl halides is 3. The topological polar surface area (TPSA) is 58.6 Å². The van der Waals surface area contributed by atoms with Gasteiger partial charge >= 0.3 is 6.36 Å². The molecule has 1 aromatic carbocycles. The molecule has 0 saturated carbocycles. The number of hydrogen-bond acceptors (Lipinski definition) is 3. The molecule has 0 aliphatic rings. The van der Waals surface area contributed by atoms with E-state index in [2.05, 4.69) is 9.46 Å². The van der Waals surface area contributed by atoms with Gasteiger partial charge in [-0.1, -0.05) is 6.07 Å². The third-order valence-corrected chi connectivity index (χ3v) is 4.17. The fourth-order valence-corrected chi connectivity index (χ4v) is 2.55. The first-order valence-corrected chi connectivity index (χ1v) is 7.32. The lowest BCUT2D eigenvalue weighted by Gasteiger charge is -2.26. The summed E-state index contributed by atoms with van der Waals surface area (Å²) >= 11 is 0. The predicted octanol–water partition coefficient (Wildman–Crippen LogP) is 2.67. The van der Waals surface area contributed by atoms with Crippen molar-refractivity contribution in [2.24, 2.45) is 0 Å². The summed E-state index contributed by atoms with van der Waals surface area (Å²) < 4.78 is 55.8. The fourth-order valence-electron chi connectivity index (χ4n) is 1.34. The van der Waals surface area contributed by atoms with Gasteiger partial charge < -0.3 is 9.84 Å². The Morgan fingerprint density at radius 3 is 2.38 bits per heavy atom. The highest BCUT2D eigenvalue weighted by Crippen LogP contribution is 2.29. The van der Waals surface area contributed by atoms with Crippen molar-refractivity contribution < 1.29 is 27.2 Å². The Labute approximate surface area is 123 Å². The molecule has 2 atom stereocenters. The molecule has 0 spiro atoms. The van der Waals surface area contributed by atoms with Crippen LogP contribution in [0, 0.1) is 6.92 Å². The molecule has 21 heavy (non-hydrogen) atoms. The summed E-state index contributed by atoms with van der Waals surface area (Å²) in [4.78, 5) is -0.131. The molecule has 0 saturated heterocycles. The lowest BCUT2D eigenvalue weighted by atomic mass is 10.0. The summed E-state index contributed by atoms with van der Waals surface area (Å²) in [6.07, 6.45) is -4.87. The Balaban J connectivity index is 3.04. The Morgan fingerprint density at radius 1 is 1.33 bits per heavy atom. The van der Waals surface area contributed by atoms with E-state index >= 15 is 0 Å². The summed E-state index contributed by atoms with van der Waals surface area (Å²) in [7, 11) is -1.95. The highest BCUT2D eigenvalue weighted by molar-refractivity contribution is 7.83. The Hall–Kier alpha value is -1.12. The monoisotopic (exact) mass is 325 g/mol. The molecule has 0 amide bonds. The molecule has 0 aliphatic heterocycles. The number of aryl methyl sites for hydroxylation is 1. The maximum Gasteiger partial charge on any atom is 0.573 e. The zero-order valence-electron chi connectivity index (χ0n) is 12.1. The molecule has 0 heterocycles. The van der Waals surface area contributed by atoms with Gasteiger partial charge in [-0.15, -0.1) is 13.2 Å². The summed E-state index contributed by atoms with van der Waals surface area (Å²) in [5.41, 5.74) is -0.628. The van der Waals surface area contributed by atoms with Crippen molar-refractivity contribution >= 4 is 11.0 Å². The van der Waals surface area contributed by atoms with Crippen LogP contribution in [0.5, 0.6) is 5.75 Å². The van der Waals surface area contributed by atoms with Crippen molar-refractivity contribution in [1.82, 2.24) is 4.72 Å². The third kappa shape index (κ3) is 5.64. The molecular formula is C13H18F3NO3S. The number of ether oxygens (including phenoxy) is 1. The quantitative estimate of drug-likeness (QED) is 0.875. The minimum absolute atomic E-state index is 0.131. The van der Waals surface area contributed by atoms with Crippen LogP contribution in [-0.4, -0.2) is 27.3 Å². The Morgan fingerprint density at radius 2 is 1.90 bits per heavy atom. The van der Waals surface area contributed by atoms with Crippen molar-refractivity contribution in [3.8, 4) is 5.75 Å². The van der Waals surface area contributed by atoms with Gasteiger partial charge in [0.25, 0.3) is 0 Å². The van der Waals surface area contributed by atoms with Crippen molar-refractivity contribution in [3.05, 3.63) is 23.8 Å². The van der Waals surface area contributed by atoms with Crippen molar-refractivity contribution in [1.29, 1.82) is 0 Å². The highest BCUT2D eigenvalue weighted by atomic mass is 32.2. The van der Waals surface area contributed by atoms with Crippen molar-refractivity contribution in [2.45, 2.75) is 50.6 Å². The van der Waals surface area contributed by atoms with Gasteiger partial charge in [-0.25, -0.2) is 8.93 Å². The number of benzene rings is 1. The Kier molecular flexibility index (Phi) is 5.40. The van der Waals surface area contributed by atoms with Gasteiger partial charge in [-0.05, 0) is 45.4 Å². The second-order valence-electron chi connectivity index (χ2n) is 5.26. The smallest absolute Gasteiger partial charge is 0.404 e. The normalized spacial score (nSPS) is 15.6. The number of halogens is 3. The van der Waals surface area contributed by atoms with E-state index in [1.54, 1.807) is 13.8 Å². The van der Waals surface area contributed by atoms with Crippen LogP contribution < -0.4 is 9.46 Å². The fraction of sp³-hybridized carbons (Fsp3) is 0.538. The molecule has 0 aliphatic carbocycles. The molecule has 0 bridgehead atoms. The second-order valence-corrected chi connectivity index (χ2v) is 6.47. The van der Waals surface area contributed by atoms with Gasteiger partial charge in [0.15, 0.2) is 0 Å². The van der Waals surface area contributed by atoms with Crippen LogP contribution in [-0.2, 0) is 11.0 Å². The molecular weight excluding hydrogens is 307 g/mol. The first-order chi connectivity index (χ1) is 9.40. The first-order valence-electron chi connectivity index (χ1n) is 6.17. The van der Waals surface area contributed by atoms with E-state index in [9.17, 15) is 22.5 Å². The van der Waals surface area contributed by atoms with E-state index in [0.717, 1.165) is 6.07 Å². The maximum atomic E-state index is 12.4. The van der Waals surface area contributed by atoms with Gasteiger partial charge in [-0.2, -0.15) is 0 Å². The molecule has 2 N–H and O–H groups in total. The summed E-state index contributed by atoms with van der Waals surface area (Å²) in [6.45, 7) is 6.19. The van der Waals surface area contributed by atoms with Crippen LogP contribution in [0.25, 0.3) is 0 Å². The maximum absolute atomic E-state index is 12.4. The minimum Gasteiger partial charge on any atom is -0.404 e. The molecule has 8 heteroatoms. The largest absolute Gasteiger partial charge is 0.573 e. The van der Waals surface area contributed by atoms with Crippen LogP contribution in [0.2, 0.25) is 0 Å². The molecule has 0 fully saturated rings. The van der Waals surface area contributed by atoms with Crippen molar-refractivity contribution in [3.63, 3.8) is 0 Å². The van der Waals surface area contributed by atoms with E-state index in [0.29, 0.717) is 5.56 Å². The standard InChI is InChI=1S/C13H18F3NO3S/c1-8-5-6-11(10(7-8)20-13(14,15)16)21(19)17-9(2)12(3,4)18/h5-7,9,17-18H,1-4H3. The van der Waals surface area contributed by atoms with Crippen LogP contribution in [0.15, 0.2) is 23.1 Å². The van der Waals surface area contributed by atoms with E-state index in [1.807, 2.05) is 0 Å². The second kappa shape index (κ2) is 6.33. The van der Waals surface area contributed by atoms with Crippen molar-refractivity contribution in [2.75, 3.05) is 0 Å².